The quantitative estimate of drug-likeness (QED) is 0.341. The second kappa shape index (κ2) is 7.15. The Bertz CT molecular complexity index is 496. The van der Waals surface area contributed by atoms with Crippen LogP contribution in [0.15, 0.2) is 30.0 Å². The summed E-state index contributed by atoms with van der Waals surface area (Å²) in [5.74, 6) is -0.479. The van der Waals surface area contributed by atoms with E-state index in [0.717, 1.165) is 6.08 Å². The molecule has 0 atom stereocenters. The molecule has 0 spiro atoms. The predicted octanol–water partition coefficient (Wildman–Crippen LogP) is 2.27. The third-order valence-electron chi connectivity index (χ3n) is 2.19. The molecule has 0 N–H and O–H groups in total. The highest BCUT2D eigenvalue weighted by Gasteiger charge is 2.23. The second-order valence-electron chi connectivity index (χ2n) is 3.48. The zero-order valence-corrected chi connectivity index (χ0v) is 10.8. The van der Waals surface area contributed by atoms with Crippen LogP contribution in [0.5, 0.6) is 5.75 Å². The second-order valence-corrected chi connectivity index (χ2v) is 3.48. The highest BCUT2D eigenvalue weighted by atomic mass is 16.6. The summed E-state index contributed by atoms with van der Waals surface area (Å²) in [6, 6.07) is 6.77. The van der Waals surface area contributed by atoms with Crippen molar-refractivity contribution in [1.82, 2.24) is 0 Å². The van der Waals surface area contributed by atoms with Crippen LogP contribution in [0, 0.1) is 10.1 Å². The van der Waals surface area contributed by atoms with Crippen LogP contribution in [0.4, 0.5) is 0 Å². The van der Waals surface area contributed by atoms with Gasteiger partial charge in [0.15, 0.2) is 0 Å². The maximum absolute atomic E-state index is 11.5. The van der Waals surface area contributed by atoms with Crippen molar-refractivity contribution >= 4 is 12.0 Å². The van der Waals surface area contributed by atoms with Crippen LogP contribution in [0.3, 0.4) is 0 Å². The number of carbonyl (C=O) groups excluding carboxylic acids is 1. The summed E-state index contributed by atoms with van der Waals surface area (Å²) in [5.41, 5.74) is -0.155. The maximum atomic E-state index is 11.5. The van der Waals surface area contributed by atoms with Gasteiger partial charge < -0.3 is 9.47 Å². The van der Waals surface area contributed by atoms with Gasteiger partial charge in [0.05, 0.1) is 18.1 Å². The molecule has 0 aliphatic heterocycles. The minimum atomic E-state index is -0.959. The molecule has 102 valence electrons. The van der Waals surface area contributed by atoms with E-state index < -0.39 is 16.6 Å². The molecular weight excluding hydrogens is 250 g/mol. The van der Waals surface area contributed by atoms with Gasteiger partial charge in [-0.2, -0.15) is 0 Å². The number of ether oxygens (including phenoxy) is 2. The first-order valence-electron chi connectivity index (χ1n) is 5.85. The smallest absolute Gasteiger partial charge is 0.409 e. The van der Waals surface area contributed by atoms with Crippen LogP contribution in [0.1, 0.15) is 19.4 Å². The number of benzene rings is 1. The zero-order chi connectivity index (χ0) is 14.3. The normalized spacial score (nSPS) is 10.9. The van der Waals surface area contributed by atoms with Crippen molar-refractivity contribution in [1.29, 1.82) is 0 Å². The lowest BCUT2D eigenvalue weighted by atomic mass is 10.1. The molecule has 6 heteroatoms. The van der Waals surface area contributed by atoms with Crippen molar-refractivity contribution in [2.24, 2.45) is 0 Å². The standard InChI is InChI=1S/C13H15NO5/c1-3-18-12-8-6-5-7-10(12)9-11(14(16)17)13(15)19-4-2/h5-9H,3-4H2,1-2H3. The minimum absolute atomic E-state index is 0.0805. The van der Waals surface area contributed by atoms with Gasteiger partial charge in [0.1, 0.15) is 5.75 Å². The monoisotopic (exact) mass is 265 g/mol. The summed E-state index contributed by atoms with van der Waals surface area (Å²) in [7, 11) is 0. The van der Waals surface area contributed by atoms with Gasteiger partial charge in [0.25, 0.3) is 0 Å². The fourth-order valence-electron chi connectivity index (χ4n) is 1.43. The first-order valence-corrected chi connectivity index (χ1v) is 5.85. The molecule has 0 saturated carbocycles. The van der Waals surface area contributed by atoms with Crippen molar-refractivity contribution in [3.8, 4) is 5.75 Å². The number of esters is 1. The molecule has 0 aromatic heterocycles. The molecule has 0 saturated heterocycles. The summed E-state index contributed by atoms with van der Waals surface area (Å²) in [6.07, 6.45) is 1.16. The number of carbonyl (C=O) groups is 1. The fourth-order valence-corrected chi connectivity index (χ4v) is 1.43. The molecule has 0 radical (unpaired) electrons. The van der Waals surface area contributed by atoms with Crippen LogP contribution >= 0.6 is 0 Å². The molecule has 0 heterocycles. The third-order valence-corrected chi connectivity index (χ3v) is 2.19. The summed E-state index contributed by atoms with van der Waals surface area (Å²) in [6.45, 7) is 3.90. The van der Waals surface area contributed by atoms with Gasteiger partial charge in [-0.3, -0.25) is 10.1 Å². The van der Waals surface area contributed by atoms with Crippen molar-refractivity contribution in [2.75, 3.05) is 13.2 Å². The molecule has 1 aromatic rings. The lowest BCUT2D eigenvalue weighted by Gasteiger charge is -2.06. The van der Waals surface area contributed by atoms with E-state index in [4.69, 9.17) is 4.74 Å². The van der Waals surface area contributed by atoms with E-state index in [9.17, 15) is 14.9 Å². The average Bonchev–Trinajstić information content (AvgIpc) is 2.37. The van der Waals surface area contributed by atoms with Crippen LogP contribution in [-0.4, -0.2) is 24.1 Å². The van der Waals surface area contributed by atoms with Gasteiger partial charge in [0.2, 0.25) is 0 Å². The first kappa shape index (κ1) is 14.7. The van der Waals surface area contributed by atoms with E-state index in [2.05, 4.69) is 4.74 Å². The third kappa shape index (κ3) is 4.09. The number of hydrogen-bond acceptors (Lipinski definition) is 5. The van der Waals surface area contributed by atoms with E-state index in [-0.39, 0.29) is 6.61 Å². The van der Waals surface area contributed by atoms with Crippen molar-refractivity contribution in [3.63, 3.8) is 0 Å². The van der Waals surface area contributed by atoms with Gasteiger partial charge in [-0.25, -0.2) is 4.79 Å². The number of rotatable bonds is 6. The van der Waals surface area contributed by atoms with E-state index >= 15 is 0 Å². The Morgan fingerprint density at radius 3 is 2.58 bits per heavy atom. The van der Waals surface area contributed by atoms with Gasteiger partial charge >= 0.3 is 11.7 Å². The van der Waals surface area contributed by atoms with Gasteiger partial charge in [0, 0.05) is 11.6 Å². The lowest BCUT2D eigenvalue weighted by molar-refractivity contribution is -0.419. The van der Waals surface area contributed by atoms with Crippen LogP contribution < -0.4 is 4.74 Å². The van der Waals surface area contributed by atoms with E-state index in [0.29, 0.717) is 17.9 Å². The Morgan fingerprint density at radius 1 is 1.32 bits per heavy atom. The van der Waals surface area contributed by atoms with E-state index in [1.165, 1.54) is 0 Å². The number of para-hydroxylation sites is 1. The summed E-state index contributed by atoms with van der Waals surface area (Å²) in [5, 5.41) is 10.9. The first-order chi connectivity index (χ1) is 9.10. The molecule has 0 aliphatic carbocycles. The number of hydrogen-bond donors (Lipinski definition) is 0. The minimum Gasteiger partial charge on any atom is -0.493 e. The molecule has 0 amide bonds. The zero-order valence-electron chi connectivity index (χ0n) is 10.8. The van der Waals surface area contributed by atoms with E-state index in [1.54, 1.807) is 38.1 Å². The summed E-state index contributed by atoms with van der Waals surface area (Å²) in [4.78, 5) is 21.6. The Hall–Kier alpha value is -2.37. The molecule has 6 nitrogen and oxygen atoms in total. The lowest BCUT2D eigenvalue weighted by Crippen LogP contribution is -2.14. The summed E-state index contributed by atoms with van der Waals surface area (Å²) >= 11 is 0. The van der Waals surface area contributed by atoms with Crippen molar-refractivity contribution < 1.29 is 19.2 Å². The maximum Gasteiger partial charge on any atom is 0.409 e. The highest BCUT2D eigenvalue weighted by molar-refractivity contribution is 5.91. The predicted molar refractivity (Wildman–Crippen MR) is 69.2 cm³/mol. The molecule has 1 aromatic carbocycles. The molecule has 0 aliphatic rings. The molecule has 0 unspecified atom stereocenters. The van der Waals surface area contributed by atoms with Gasteiger partial charge in [-0.05, 0) is 19.9 Å². The Balaban J connectivity index is 3.15. The van der Waals surface area contributed by atoms with Gasteiger partial charge in [-0.15, -0.1) is 0 Å². The molecule has 0 fully saturated rings. The molecule has 0 bridgehead atoms. The van der Waals surface area contributed by atoms with Crippen LogP contribution in [0.2, 0.25) is 0 Å². The Kier molecular flexibility index (Phi) is 5.53. The van der Waals surface area contributed by atoms with E-state index in [1.807, 2.05) is 0 Å². The Labute approximate surface area is 110 Å². The number of nitrogens with zero attached hydrogens (tertiary/aromatic N) is 1. The molecule has 19 heavy (non-hydrogen) atoms. The molecular formula is C13H15NO5. The highest BCUT2D eigenvalue weighted by Crippen LogP contribution is 2.21. The fraction of sp³-hybridized carbons (Fsp3) is 0.308. The average molecular weight is 265 g/mol. The van der Waals surface area contributed by atoms with Crippen molar-refractivity contribution in [2.45, 2.75) is 13.8 Å². The SMILES string of the molecule is CCOC(=O)C(=Cc1ccccc1OCC)[N+](=O)[O-]. The number of nitro groups is 1. The van der Waals surface area contributed by atoms with Gasteiger partial charge in [-0.1, -0.05) is 18.2 Å². The van der Waals surface area contributed by atoms with Crippen LogP contribution in [0.25, 0.3) is 6.08 Å². The van der Waals surface area contributed by atoms with Crippen LogP contribution in [-0.2, 0) is 9.53 Å². The van der Waals surface area contributed by atoms with Crippen molar-refractivity contribution in [3.05, 3.63) is 45.6 Å². The summed E-state index contributed by atoms with van der Waals surface area (Å²) < 4.78 is 9.99. The topological polar surface area (TPSA) is 78.7 Å². The largest absolute Gasteiger partial charge is 0.493 e. The Morgan fingerprint density at radius 2 is 2.00 bits per heavy atom. The molecule has 1 rings (SSSR count).